The number of hydrogen-bond donors (Lipinski definition) is 0. The fourth-order valence-electron chi connectivity index (χ4n) is 3.44. The van der Waals surface area contributed by atoms with Gasteiger partial charge in [0.15, 0.2) is 0 Å². The van der Waals surface area contributed by atoms with Crippen LogP contribution in [0, 0.1) is 0 Å². The van der Waals surface area contributed by atoms with E-state index in [2.05, 4.69) is 4.98 Å². The molecule has 0 spiro atoms. The van der Waals surface area contributed by atoms with Crippen LogP contribution in [0.3, 0.4) is 0 Å². The molecule has 0 atom stereocenters. The number of aromatic nitrogens is 1. The van der Waals surface area contributed by atoms with E-state index < -0.39 is 11.9 Å². The van der Waals surface area contributed by atoms with Gasteiger partial charge in [-0.2, -0.15) is 0 Å². The number of hydrogen-bond acceptors (Lipinski definition) is 5. The van der Waals surface area contributed by atoms with E-state index in [9.17, 15) is 9.59 Å². The molecule has 0 aliphatic carbocycles. The van der Waals surface area contributed by atoms with Crippen molar-refractivity contribution >= 4 is 33.5 Å². The molecule has 5 heteroatoms. The molecule has 0 saturated heterocycles. The lowest BCUT2D eigenvalue weighted by Gasteiger charge is -2.08. The van der Waals surface area contributed by atoms with Crippen molar-refractivity contribution < 1.29 is 19.1 Å². The SMILES string of the molecule is O=C(Oc1ccc2ccccc2c1)c1cccc(C(=O)Oc2ccc3ccccc3c2)n1. The average molecular weight is 419 g/mol. The van der Waals surface area contributed by atoms with Crippen LogP contribution < -0.4 is 9.47 Å². The summed E-state index contributed by atoms with van der Waals surface area (Å²) in [5.74, 6) is -0.499. The number of ether oxygens (including phenoxy) is 2. The predicted octanol–water partition coefficient (Wildman–Crippen LogP) is 5.83. The van der Waals surface area contributed by atoms with Gasteiger partial charge in [-0.15, -0.1) is 0 Å². The van der Waals surface area contributed by atoms with E-state index >= 15 is 0 Å². The summed E-state index contributed by atoms with van der Waals surface area (Å²) in [4.78, 5) is 29.3. The molecule has 5 rings (SSSR count). The Morgan fingerprint density at radius 1 is 0.500 bits per heavy atom. The Kier molecular flexibility index (Phi) is 5.06. The molecule has 1 aromatic heterocycles. The zero-order valence-corrected chi connectivity index (χ0v) is 16.9. The third-order valence-electron chi connectivity index (χ3n) is 5.03. The second kappa shape index (κ2) is 8.32. The molecule has 0 aliphatic rings. The minimum absolute atomic E-state index is 0.0196. The van der Waals surface area contributed by atoms with Crippen LogP contribution in [-0.2, 0) is 0 Å². The Bertz CT molecular complexity index is 1370. The van der Waals surface area contributed by atoms with Gasteiger partial charge in [-0.25, -0.2) is 14.6 Å². The van der Waals surface area contributed by atoms with Crippen LogP contribution in [0.2, 0.25) is 0 Å². The van der Waals surface area contributed by atoms with Gasteiger partial charge in [0, 0.05) is 0 Å². The normalized spacial score (nSPS) is 10.8. The largest absolute Gasteiger partial charge is 0.422 e. The van der Waals surface area contributed by atoms with Crippen LogP contribution >= 0.6 is 0 Å². The third-order valence-corrected chi connectivity index (χ3v) is 5.03. The van der Waals surface area contributed by atoms with Gasteiger partial charge in [0.1, 0.15) is 22.9 Å². The lowest BCUT2D eigenvalue weighted by atomic mass is 10.1. The Morgan fingerprint density at radius 3 is 1.41 bits per heavy atom. The van der Waals surface area contributed by atoms with E-state index in [0.717, 1.165) is 21.5 Å². The molecule has 0 saturated carbocycles. The molecule has 1 heterocycles. The molecular formula is C27H17NO4. The van der Waals surface area contributed by atoms with Gasteiger partial charge in [-0.3, -0.25) is 0 Å². The fraction of sp³-hybridized carbons (Fsp3) is 0. The maximum absolute atomic E-state index is 12.6. The summed E-state index contributed by atoms with van der Waals surface area (Å²) in [6.45, 7) is 0. The second-order valence-corrected chi connectivity index (χ2v) is 7.21. The van der Waals surface area contributed by atoms with Crippen molar-refractivity contribution in [2.45, 2.75) is 0 Å². The zero-order chi connectivity index (χ0) is 21.9. The average Bonchev–Trinajstić information content (AvgIpc) is 2.84. The van der Waals surface area contributed by atoms with Crippen molar-refractivity contribution in [1.82, 2.24) is 4.98 Å². The van der Waals surface area contributed by atoms with Crippen molar-refractivity contribution in [2.75, 3.05) is 0 Å². The van der Waals surface area contributed by atoms with Crippen molar-refractivity contribution in [3.05, 3.63) is 115 Å². The van der Waals surface area contributed by atoms with Crippen molar-refractivity contribution in [3.8, 4) is 11.5 Å². The molecule has 0 bridgehead atoms. The minimum atomic E-state index is -0.652. The van der Waals surface area contributed by atoms with Gasteiger partial charge in [0.05, 0.1) is 0 Å². The van der Waals surface area contributed by atoms with Crippen molar-refractivity contribution in [1.29, 1.82) is 0 Å². The molecule has 0 N–H and O–H groups in total. The maximum atomic E-state index is 12.6. The fourth-order valence-corrected chi connectivity index (χ4v) is 3.44. The molecule has 0 unspecified atom stereocenters. The highest BCUT2D eigenvalue weighted by Crippen LogP contribution is 2.23. The summed E-state index contributed by atoms with van der Waals surface area (Å²) < 4.78 is 10.9. The molecular weight excluding hydrogens is 402 g/mol. The van der Waals surface area contributed by atoms with Crippen LogP contribution in [0.25, 0.3) is 21.5 Å². The Morgan fingerprint density at radius 2 is 0.938 bits per heavy atom. The van der Waals surface area contributed by atoms with Crippen molar-refractivity contribution in [3.63, 3.8) is 0 Å². The van der Waals surface area contributed by atoms with Crippen LogP contribution in [-0.4, -0.2) is 16.9 Å². The van der Waals surface area contributed by atoms with E-state index in [1.165, 1.54) is 12.1 Å². The number of pyridine rings is 1. The Balaban J connectivity index is 1.33. The highest BCUT2D eigenvalue weighted by molar-refractivity contribution is 5.94. The molecule has 5 aromatic rings. The number of nitrogens with zero attached hydrogens (tertiary/aromatic N) is 1. The number of benzene rings is 4. The van der Waals surface area contributed by atoms with Gasteiger partial charge in [-0.1, -0.05) is 66.7 Å². The van der Waals surface area contributed by atoms with Gasteiger partial charge in [-0.05, 0) is 57.9 Å². The lowest BCUT2D eigenvalue weighted by molar-refractivity contribution is 0.0723. The van der Waals surface area contributed by atoms with Crippen molar-refractivity contribution in [2.24, 2.45) is 0 Å². The molecule has 0 fully saturated rings. The molecule has 0 radical (unpaired) electrons. The Hall–Kier alpha value is -4.51. The lowest BCUT2D eigenvalue weighted by Crippen LogP contribution is -2.15. The summed E-state index contributed by atoms with van der Waals surface area (Å²) >= 11 is 0. The summed E-state index contributed by atoms with van der Waals surface area (Å²) in [5, 5.41) is 4.00. The van der Waals surface area contributed by atoms with E-state index in [1.807, 2.05) is 60.7 Å². The molecule has 0 aliphatic heterocycles. The van der Waals surface area contributed by atoms with E-state index in [4.69, 9.17) is 9.47 Å². The van der Waals surface area contributed by atoms with Gasteiger partial charge < -0.3 is 9.47 Å². The first-order valence-electron chi connectivity index (χ1n) is 10.0. The van der Waals surface area contributed by atoms with Gasteiger partial charge >= 0.3 is 11.9 Å². The first kappa shape index (κ1) is 19.5. The number of esters is 2. The molecule has 5 nitrogen and oxygen atoms in total. The number of fused-ring (bicyclic) bond motifs is 2. The summed E-state index contributed by atoms with van der Waals surface area (Å²) in [5.41, 5.74) is 0.0391. The van der Waals surface area contributed by atoms with E-state index in [1.54, 1.807) is 30.3 Å². The zero-order valence-electron chi connectivity index (χ0n) is 16.9. The van der Waals surface area contributed by atoms with E-state index in [-0.39, 0.29) is 11.4 Å². The van der Waals surface area contributed by atoms with Crippen LogP contribution in [0.15, 0.2) is 103 Å². The number of rotatable bonds is 4. The summed E-state index contributed by atoms with van der Waals surface area (Å²) in [7, 11) is 0. The summed E-state index contributed by atoms with van der Waals surface area (Å²) in [6, 6.07) is 30.9. The quantitative estimate of drug-likeness (QED) is 0.271. The first-order valence-corrected chi connectivity index (χ1v) is 10.0. The second-order valence-electron chi connectivity index (χ2n) is 7.21. The van der Waals surface area contributed by atoms with Gasteiger partial charge in [0.25, 0.3) is 0 Å². The minimum Gasteiger partial charge on any atom is -0.422 e. The van der Waals surface area contributed by atoms with Crippen LogP contribution in [0.4, 0.5) is 0 Å². The van der Waals surface area contributed by atoms with E-state index in [0.29, 0.717) is 11.5 Å². The highest BCUT2D eigenvalue weighted by atomic mass is 16.5. The summed E-state index contributed by atoms with van der Waals surface area (Å²) in [6.07, 6.45) is 0. The molecule has 0 amide bonds. The highest BCUT2D eigenvalue weighted by Gasteiger charge is 2.16. The molecule has 4 aromatic carbocycles. The smallest absolute Gasteiger partial charge is 0.362 e. The first-order chi connectivity index (χ1) is 15.7. The van der Waals surface area contributed by atoms with Gasteiger partial charge in [0.2, 0.25) is 0 Å². The Labute approximate surface area is 183 Å². The predicted molar refractivity (Wildman–Crippen MR) is 122 cm³/mol. The standard InChI is InChI=1S/C27H17NO4/c29-26(31-22-14-12-18-6-1-3-8-20(18)16-22)24-10-5-11-25(28-24)27(30)32-23-15-13-19-7-2-4-9-21(19)17-23/h1-17H. The van der Waals surface area contributed by atoms with Crippen LogP contribution in [0.1, 0.15) is 21.0 Å². The number of carbonyl (C=O) groups is 2. The van der Waals surface area contributed by atoms with Crippen LogP contribution in [0.5, 0.6) is 11.5 Å². The topological polar surface area (TPSA) is 65.5 Å². The third kappa shape index (κ3) is 4.04. The molecule has 32 heavy (non-hydrogen) atoms. The monoisotopic (exact) mass is 419 g/mol. The molecule has 154 valence electrons. The maximum Gasteiger partial charge on any atom is 0.362 e. The number of carbonyl (C=O) groups excluding carboxylic acids is 2.